The van der Waals surface area contributed by atoms with E-state index >= 15 is 0 Å². The van der Waals surface area contributed by atoms with E-state index in [1.54, 1.807) is 24.3 Å². The van der Waals surface area contributed by atoms with Gasteiger partial charge < -0.3 is 21.1 Å². The van der Waals surface area contributed by atoms with Gasteiger partial charge in [0, 0.05) is 0 Å². The molecule has 0 bridgehead atoms. The number of benzene rings is 1. The summed E-state index contributed by atoms with van der Waals surface area (Å²) in [5.74, 6) is -0.668. The van der Waals surface area contributed by atoms with Gasteiger partial charge in [-0.3, -0.25) is 4.79 Å². The molecule has 0 saturated carbocycles. The molecule has 2 atom stereocenters. The van der Waals surface area contributed by atoms with Crippen molar-refractivity contribution in [2.24, 2.45) is 5.73 Å². The van der Waals surface area contributed by atoms with E-state index < -0.39 is 18.1 Å². The summed E-state index contributed by atoms with van der Waals surface area (Å²) >= 11 is 0. The van der Waals surface area contributed by atoms with Gasteiger partial charge in [-0.2, -0.15) is 0 Å². The highest BCUT2D eigenvalue weighted by atomic mass is 16.3. The predicted molar refractivity (Wildman–Crippen MR) is 57.1 cm³/mol. The summed E-state index contributed by atoms with van der Waals surface area (Å²) in [6.07, 6.45) is -2.65. The maximum Gasteiger partial charge on any atom is 0.220 e. The lowest BCUT2D eigenvalue weighted by molar-refractivity contribution is -0.121. The van der Waals surface area contributed by atoms with Crippen molar-refractivity contribution in [1.29, 1.82) is 0 Å². The van der Waals surface area contributed by atoms with Crippen LogP contribution in [-0.4, -0.2) is 27.3 Å². The first-order valence-corrected chi connectivity index (χ1v) is 4.88. The van der Waals surface area contributed by atoms with Crippen LogP contribution in [0.2, 0.25) is 0 Å². The second-order valence-electron chi connectivity index (χ2n) is 3.58. The molecule has 1 aromatic rings. The Labute approximate surface area is 93.1 Å². The third-order valence-electron chi connectivity index (χ3n) is 2.28. The van der Waals surface area contributed by atoms with Gasteiger partial charge in [-0.15, -0.1) is 0 Å². The van der Waals surface area contributed by atoms with Gasteiger partial charge in [0.2, 0.25) is 5.91 Å². The van der Waals surface area contributed by atoms with E-state index in [0.29, 0.717) is 11.1 Å². The van der Waals surface area contributed by atoms with Crippen LogP contribution in [-0.2, 0) is 11.4 Å². The van der Waals surface area contributed by atoms with Crippen LogP contribution in [0.3, 0.4) is 0 Å². The highest BCUT2D eigenvalue weighted by molar-refractivity contribution is 5.74. The van der Waals surface area contributed by atoms with E-state index in [-0.39, 0.29) is 13.0 Å². The number of carbonyl (C=O) groups is 1. The fourth-order valence-electron chi connectivity index (χ4n) is 1.36. The second kappa shape index (κ2) is 5.60. The summed E-state index contributed by atoms with van der Waals surface area (Å²) in [5, 5.41) is 28.0. The van der Waals surface area contributed by atoms with Crippen LogP contribution in [0, 0.1) is 0 Å². The highest BCUT2D eigenvalue weighted by Crippen LogP contribution is 2.19. The minimum absolute atomic E-state index is 0.0831. The van der Waals surface area contributed by atoms with Crippen molar-refractivity contribution in [2.75, 3.05) is 0 Å². The quantitative estimate of drug-likeness (QED) is 0.539. The van der Waals surface area contributed by atoms with Crippen LogP contribution >= 0.6 is 0 Å². The molecule has 0 heterocycles. The molecule has 5 N–H and O–H groups in total. The summed E-state index contributed by atoms with van der Waals surface area (Å²) in [6.45, 7) is -0.0831. The second-order valence-corrected chi connectivity index (χ2v) is 3.58. The molecule has 1 aromatic carbocycles. The van der Waals surface area contributed by atoms with E-state index in [1.165, 1.54) is 0 Å². The zero-order valence-corrected chi connectivity index (χ0v) is 8.71. The largest absolute Gasteiger partial charge is 0.392 e. The van der Waals surface area contributed by atoms with Crippen molar-refractivity contribution in [3.63, 3.8) is 0 Å². The van der Waals surface area contributed by atoms with Gasteiger partial charge in [0.25, 0.3) is 0 Å². The maximum absolute atomic E-state index is 10.6. The van der Waals surface area contributed by atoms with E-state index in [0.717, 1.165) is 0 Å². The number of hydrogen-bond donors (Lipinski definition) is 4. The first-order valence-electron chi connectivity index (χ1n) is 4.88. The molecule has 0 saturated heterocycles. The molecule has 0 aliphatic rings. The average Bonchev–Trinajstić information content (AvgIpc) is 2.27. The van der Waals surface area contributed by atoms with Gasteiger partial charge in [0.15, 0.2) is 0 Å². The first kappa shape index (κ1) is 12.6. The Bertz CT molecular complexity index is 350. The van der Waals surface area contributed by atoms with Crippen molar-refractivity contribution >= 4 is 5.91 Å². The van der Waals surface area contributed by atoms with Crippen molar-refractivity contribution in [3.8, 4) is 0 Å². The van der Waals surface area contributed by atoms with Gasteiger partial charge in [0.05, 0.1) is 19.1 Å². The Kier molecular flexibility index (Phi) is 4.42. The Morgan fingerprint density at radius 1 is 1.25 bits per heavy atom. The normalized spacial score (nSPS) is 14.4. The molecule has 88 valence electrons. The number of nitrogens with two attached hydrogens (primary N) is 1. The Balaban J connectivity index is 2.71. The zero-order valence-electron chi connectivity index (χ0n) is 8.71. The molecule has 0 radical (unpaired) electrons. The molecule has 0 aliphatic carbocycles. The number of amides is 1. The molecule has 0 aromatic heterocycles. The van der Waals surface area contributed by atoms with E-state index in [2.05, 4.69) is 0 Å². The summed E-state index contributed by atoms with van der Waals surface area (Å²) in [6, 6.07) is 6.44. The lowest BCUT2D eigenvalue weighted by Crippen LogP contribution is -2.25. The fourth-order valence-corrected chi connectivity index (χ4v) is 1.36. The summed E-state index contributed by atoms with van der Waals surface area (Å²) in [5.41, 5.74) is 6.10. The fraction of sp³-hybridized carbons (Fsp3) is 0.364. The van der Waals surface area contributed by atoms with Gasteiger partial charge >= 0.3 is 0 Å². The number of primary amides is 1. The smallest absolute Gasteiger partial charge is 0.220 e. The highest BCUT2D eigenvalue weighted by Gasteiger charge is 2.19. The summed E-state index contributed by atoms with van der Waals surface area (Å²) in [4.78, 5) is 10.6. The lowest BCUT2D eigenvalue weighted by atomic mass is 10.0. The topological polar surface area (TPSA) is 104 Å². The molecule has 0 aliphatic heterocycles. The van der Waals surface area contributed by atoms with E-state index in [4.69, 9.17) is 10.8 Å². The summed E-state index contributed by atoms with van der Waals surface area (Å²) < 4.78 is 0. The minimum atomic E-state index is -1.21. The van der Waals surface area contributed by atoms with Crippen LogP contribution < -0.4 is 5.73 Å². The van der Waals surface area contributed by atoms with Crippen molar-refractivity contribution < 1.29 is 20.1 Å². The van der Waals surface area contributed by atoms with Crippen molar-refractivity contribution in [3.05, 3.63) is 35.4 Å². The maximum atomic E-state index is 10.6. The van der Waals surface area contributed by atoms with E-state index in [9.17, 15) is 15.0 Å². The van der Waals surface area contributed by atoms with Gasteiger partial charge in [-0.1, -0.05) is 24.3 Å². The average molecular weight is 225 g/mol. The minimum Gasteiger partial charge on any atom is -0.392 e. The SMILES string of the molecule is NC(=O)CC(O)C(O)c1ccc(CO)cc1. The van der Waals surface area contributed by atoms with Crippen LogP contribution in [0.25, 0.3) is 0 Å². The molecule has 1 amide bonds. The number of rotatable bonds is 5. The Morgan fingerprint density at radius 3 is 2.25 bits per heavy atom. The molecule has 16 heavy (non-hydrogen) atoms. The van der Waals surface area contributed by atoms with Crippen LogP contribution in [0.4, 0.5) is 0 Å². The van der Waals surface area contributed by atoms with Crippen molar-refractivity contribution in [2.45, 2.75) is 25.2 Å². The lowest BCUT2D eigenvalue weighted by Gasteiger charge is -2.16. The molecule has 5 nitrogen and oxygen atoms in total. The Hall–Kier alpha value is -1.43. The van der Waals surface area contributed by atoms with E-state index in [1.807, 2.05) is 0 Å². The van der Waals surface area contributed by atoms with Crippen molar-refractivity contribution in [1.82, 2.24) is 0 Å². The Morgan fingerprint density at radius 2 is 1.81 bits per heavy atom. The molecule has 1 rings (SSSR count). The number of hydrogen-bond acceptors (Lipinski definition) is 4. The van der Waals surface area contributed by atoms with Crippen LogP contribution in [0.1, 0.15) is 23.7 Å². The first-order chi connectivity index (χ1) is 7.54. The number of carbonyl (C=O) groups excluding carboxylic acids is 1. The molecular weight excluding hydrogens is 210 g/mol. The van der Waals surface area contributed by atoms with Crippen LogP contribution in [0.15, 0.2) is 24.3 Å². The van der Waals surface area contributed by atoms with Gasteiger partial charge in [0.1, 0.15) is 6.10 Å². The zero-order chi connectivity index (χ0) is 12.1. The molecular formula is C11H15NO4. The molecule has 5 heteroatoms. The third kappa shape index (κ3) is 3.30. The number of aliphatic hydroxyl groups excluding tert-OH is 3. The molecule has 2 unspecified atom stereocenters. The molecule has 0 fully saturated rings. The number of aliphatic hydroxyl groups is 3. The van der Waals surface area contributed by atoms with Crippen LogP contribution in [0.5, 0.6) is 0 Å². The standard InChI is InChI=1S/C11H15NO4/c12-10(15)5-9(14)11(16)8-3-1-7(6-13)2-4-8/h1-4,9,11,13-14,16H,5-6H2,(H2,12,15). The predicted octanol–water partition coefficient (Wildman–Crippen LogP) is -0.551. The van der Waals surface area contributed by atoms with Gasteiger partial charge in [-0.05, 0) is 11.1 Å². The summed E-state index contributed by atoms with van der Waals surface area (Å²) in [7, 11) is 0. The third-order valence-corrected chi connectivity index (χ3v) is 2.28. The van der Waals surface area contributed by atoms with Gasteiger partial charge in [-0.25, -0.2) is 0 Å². The monoisotopic (exact) mass is 225 g/mol. The molecule has 0 spiro atoms.